The second-order valence-corrected chi connectivity index (χ2v) is 9.93. The number of halogens is 3. The monoisotopic (exact) mass is 382 g/mol. The third-order valence-corrected chi connectivity index (χ3v) is 7.58. The Bertz CT molecular complexity index is 628. The molecule has 25 heavy (non-hydrogen) atoms. The van der Waals surface area contributed by atoms with Gasteiger partial charge in [0.2, 0.25) is 5.91 Å². The third kappa shape index (κ3) is 3.41. The van der Waals surface area contributed by atoms with Crippen molar-refractivity contribution in [3.05, 3.63) is 0 Å². The van der Waals surface area contributed by atoms with Gasteiger partial charge in [0.25, 0.3) is 0 Å². The lowest BCUT2D eigenvalue weighted by Gasteiger charge is -2.33. The Balaban J connectivity index is 1.76. The summed E-state index contributed by atoms with van der Waals surface area (Å²) in [7, 11) is -5.54. The van der Waals surface area contributed by atoms with Crippen molar-refractivity contribution in [3.63, 3.8) is 0 Å². The highest BCUT2D eigenvalue weighted by Crippen LogP contribution is 2.62. The summed E-state index contributed by atoms with van der Waals surface area (Å²) in [6, 6.07) is -1.31. The van der Waals surface area contributed by atoms with Gasteiger partial charge in [-0.2, -0.15) is 17.9 Å². The standard InChI is InChI=1S/C16H25F3N2O3S/c1-15(2)11-8-21(9-12(11)15)14(22)13(10-6-4-3-5-7-10)20-25(23,24)16(17,18)19/h10-13,20H,3-9H2,1-2H3/t11-,12+,13-/m0/s1. The Morgan fingerprint density at radius 3 is 2.12 bits per heavy atom. The van der Waals surface area contributed by atoms with Crippen LogP contribution in [-0.4, -0.2) is 43.9 Å². The smallest absolute Gasteiger partial charge is 0.341 e. The molecule has 1 aliphatic heterocycles. The third-order valence-electron chi connectivity index (χ3n) is 6.41. The molecule has 0 aromatic rings. The van der Waals surface area contributed by atoms with E-state index in [0.717, 1.165) is 19.3 Å². The van der Waals surface area contributed by atoms with Crippen molar-refractivity contribution < 1.29 is 26.4 Å². The van der Waals surface area contributed by atoms with Gasteiger partial charge >= 0.3 is 15.5 Å². The molecule has 1 N–H and O–H groups in total. The molecule has 1 amide bonds. The molecule has 0 bridgehead atoms. The number of amides is 1. The highest BCUT2D eigenvalue weighted by molar-refractivity contribution is 7.90. The van der Waals surface area contributed by atoms with E-state index in [4.69, 9.17) is 0 Å². The Morgan fingerprint density at radius 2 is 1.64 bits per heavy atom. The number of rotatable bonds is 4. The average Bonchev–Trinajstić information content (AvgIpc) is 2.90. The van der Waals surface area contributed by atoms with Gasteiger partial charge in [0.1, 0.15) is 6.04 Å². The molecule has 3 fully saturated rings. The van der Waals surface area contributed by atoms with Gasteiger partial charge in [-0.05, 0) is 36.0 Å². The van der Waals surface area contributed by atoms with Gasteiger partial charge in [0, 0.05) is 13.1 Å². The van der Waals surface area contributed by atoms with Crippen LogP contribution in [0, 0.1) is 23.2 Å². The number of fused-ring (bicyclic) bond motifs is 1. The number of carbonyl (C=O) groups is 1. The van der Waals surface area contributed by atoms with E-state index < -0.39 is 27.5 Å². The van der Waals surface area contributed by atoms with E-state index in [1.165, 1.54) is 0 Å². The van der Waals surface area contributed by atoms with E-state index >= 15 is 0 Å². The molecule has 0 radical (unpaired) electrons. The number of sulfonamides is 1. The minimum absolute atomic E-state index is 0.169. The largest absolute Gasteiger partial charge is 0.511 e. The molecule has 144 valence electrons. The SMILES string of the molecule is CC1(C)[C@@H]2CN(C(=O)[C@@H](NS(=O)(=O)C(F)(F)F)C3CCCCC3)C[C@@H]21. The number of nitrogens with one attached hydrogen (secondary N) is 1. The maximum Gasteiger partial charge on any atom is 0.511 e. The zero-order chi connectivity index (χ0) is 18.6. The lowest BCUT2D eigenvalue weighted by Crippen LogP contribution is -2.55. The van der Waals surface area contributed by atoms with Crippen molar-refractivity contribution >= 4 is 15.9 Å². The minimum atomic E-state index is -5.54. The van der Waals surface area contributed by atoms with Crippen molar-refractivity contribution in [2.24, 2.45) is 23.2 Å². The highest BCUT2D eigenvalue weighted by atomic mass is 32.2. The summed E-state index contributed by atoms with van der Waals surface area (Å²) in [5.74, 6) is -0.142. The number of alkyl halides is 3. The van der Waals surface area contributed by atoms with Crippen LogP contribution in [-0.2, 0) is 14.8 Å². The highest BCUT2D eigenvalue weighted by Gasteiger charge is 2.63. The van der Waals surface area contributed by atoms with Crippen molar-refractivity contribution in [3.8, 4) is 0 Å². The average molecular weight is 382 g/mol. The van der Waals surface area contributed by atoms with E-state index in [9.17, 15) is 26.4 Å². The van der Waals surface area contributed by atoms with E-state index in [2.05, 4.69) is 13.8 Å². The second kappa shape index (κ2) is 6.11. The van der Waals surface area contributed by atoms with Crippen LogP contribution in [0.4, 0.5) is 13.2 Å². The van der Waals surface area contributed by atoms with Crippen LogP contribution in [0.2, 0.25) is 0 Å². The molecule has 2 aliphatic carbocycles. The Morgan fingerprint density at radius 1 is 1.12 bits per heavy atom. The molecule has 3 atom stereocenters. The number of hydrogen-bond donors (Lipinski definition) is 1. The number of piperidine rings is 1. The summed E-state index contributed by atoms with van der Waals surface area (Å²) >= 11 is 0. The van der Waals surface area contributed by atoms with Gasteiger partial charge < -0.3 is 4.90 Å². The van der Waals surface area contributed by atoms with Crippen LogP contribution in [0.25, 0.3) is 0 Å². The van der Waals surface area contributed by atoms with Gasteiger partial charge in [-0.25, -0.2) is 8.42 Å². The predicted octanol–water partition coefficient (Wildman–Crippen LogP) is 2.49. The molecule has 0 unspecified atom stereocenters. The van der Waals surface area contributed by atoms with Crippen molar-refractivity contribution in [1.82, 2.24) is 9.62 Å². The van der Waals surface area contributed by atoms with E-state index in [1.807, 2.05) is 0 Å². The summed E-state index contributed by atoms with van der Waals surface area (Å²) < 4.78 is 63.3. The van der Waals surface area contributed by atoms with Gasteiger partial charge in [-0.1, -0.05) is 33.1 Å². The number of likely N-dealkylation sites (tertiary alicyclic amines) is 1. The first-order valence-electron chi connectivity index (χ1n) is 8.82. The van der Waals surface area contributed by atoms with Gasteiger partial charge in [0.05, 0.1) is 0 Å². The molecular weight excluding hydrogens is 357 g/mol. The zero-order valence-corrected chi connectivity index (χ0v) is 15.3. The molecule has 1 heterocycles. The molecule has 0 spiro atoms. The lowest BCUT2D eigenvalue weighted by molar-refractivity contribution is -0.134. The fourth-order valence-electron chi connectivity index (χ4n) is 4.56. The first-order chi connectivity index (χ1) is 11.4. The van der Waals surface area contributed by atoms with Crippen LogP contribution in [0.3, 0.4) is 0 Å². The predicted molar refractivity (Wildman–Crippen MR) is 85.8 cm³/mol. The number of carbonyl (C=O) groups excluding carboxylic acids is 1. The van der Waals surface area contributed by atoms with Crippen LogP contribution >= 0.6 is 0 Å². The topological polar surface area (TPSA) is 66.5 Å². The van der Waals surface area contributed by atoms with E-state index in [0.29, 0.717) is 37.8 Å². The fraction of sp³-hybridized carbons (Fsp3) is 0.938. The minimum Gasteiger partial charge on any atom is -0.341 e. The molecule has 0 aromatic heterocycles. The van der Waals surface area contributed by atoms with Gasteiger partial charge in [-0.15, -0.1) is 0 Å². The zero-order valence-electron chi connectivity index (χ0n) is 14.5. The Kier molecular flexibility index (Phi) is 4.63. The molecule has 2 saturated carbocycles. The van der Waals surface area contributed by atoms with Crippen LogP contribution in [0.15, 0.2) is 0 Å². The van der Waals surface area contributed by atoms with E-state index in [1.54, 1.807) is 9.62 Å². The number of nitrogens with zero attached hydrogens (tertiary/aromatic N) is 1. The summed E-state index contributed by atoms with van der Waals surface area (Å²) in [6.07, 6.45) is 3.72. The summed E-state index contributed by atoms with van der Waals surface area (Å²) in [6.45, 7) is 5.26. The quantitative estimate of drug-likeness (QED) is 0.812. The number of hydrogen-bond acceptors (Lipinski definition) is 3. The maximum atomic E-state index is 12.9. The first kappa shape index (κ1) is 18.9. The molecule has 3 rings (SSSR count). The molecule has 0 aromatic carbocycles. The molecular formula is C16H25F3N2O3S. The first-order valence-corrected chi connectivity index (χ1v) is 10.3. The molecule has 9 heteroatoms. The molecule has 3 aliphatic rings. The Hall–Kier alpha value is -0.830. The van der Waals surface area contributed by atoms with Crippen LogP contribution < -0.4 is 4.72 Å². The lowest BCUT2D eigenvalue weighted by atomic mass is 9.83. The van der Waals surface area contributed by atoms with Crippen molar-refractivity contribution in [2.75, 3.05) is 13.1 Å². The Labute approximate surface area is 146 Å². The summed E-state index contributed by atoms with van der Waals surface area (Å²) in [4.78, 5) is 14.4. The summed E-state index contributed by atoms with van der Waals surface area (Å²) in [5.41, 5.74) is -5.24. The van der Waals surface area contributed by atoms with Crippen molar-refractivity contribution in [2.45, 2.75) is 57.5 Å². The summed E-state index contributed by atoms with van der Waals surface area (Å²) in [5, 5.41) is 0. The van der Waals surface area contributed by atoms with E-state index in [-0.39, 0.29) is 11.3 Å². The molecule has 5 nitrogen and oxygen atoms in total. The fourth-order valence-corrected chi connectivity index (χ4v) is 5.32. The second-order valence-electron chi connectivity index (χ2n) is 8.22. The normalized spacial score (nSPS) is 30.8. The van der Waals surface area contributed by atoms with Crippen molar-refractivity contribution in [1.29, 1.82) is 0 Å². The van der Waals surface area contributed by atoms with Gasteiger partial charge in [-0.3, -0.25) is 4.79 Å². The van der Waals surface area contributed by atoms with Crippen LogP contribution in [0.1, 0.15) is 46.0 Å². The van der Waals surface area contributed by atoms with Crippen LogP contribution in [0.5, 0.6) is 0 Å². The maximum absolute atomic E-state index is 12.9. The van der Waals surface area contributed by atoms with Gasteiger partial charge in [0.15, 0.2) is 0 Å². The molecule has 1 saturated heterocycles.